The van der Waals surface area contributed by atoms with Gasteiger partial charge in [-0.05, 0) is 12.0 Å². The van der Waals surface area contributed by atoms with E-state index in [1.54, 1.807) is 0 Å². The number of carbonyl (C=O) groups is 1. The average molecular weight is 285 g/mol. The summed E-state index contributed by atoms with van der Waals surface area (Å²) in [5, 5.41) is 9.63. The first-order valence-corrected chi connectivity index (χ1v) is 6.43. The Morgan fingerprint density at radius 3 is 2.75 bits per heavy atom. The van der Waals surface area contributed by atoms with E-state index >= 15 is 0 Å². The summed E-state index contributed by atoms with van der Waals surface area (Å²) in [5.74, 6) is 0. The molecule has 1 aromatic rings. The van der Waals surface area contributed by atoms with Gasteiger partial charge in [0.15, 0.2) is 0 Å². The Balaban J connectivity index is 1.85. The Labute approximate surface area is 116 Å². The van der Waals surface area contributed by atoms with Crippen LogP contribution in [0.15, 0.2) is 30.3 Å². The molecule has 0 aromatic heterocycles. The molecule has 4 nitrogen and oxygen atoms in total. The zero-order valence-corrected chi connectivity index (χ0v) is 11.0. The fourth-order valence-electron chi connectivity index (χ4n) is 2.07. The van der Waals surface area contributed by atoms with Crippen molar-refractivity contribution in [1.29, 1.82) is 0 Å². The van der Waals surface area contributed by atoms with E-state index in [9.17, 15) is 18.7 Å². The molecule has 0 bridgehead atoms. The number of amides is 1. The lowest BCUT2D eigenvalue weighted by atomic mass is 9.91. The Morgan fingerprint density at radius 2 is 2.15 bits per heavy atom. The molecule has 1 unspecified atom stereocenters. The fourth-order valence-corrected chi connectivity index (χ4v) is 2.07. The number of hydrogen-bond donors (Lipinski definition) is 1. The normalized spacial score (nSPS) is 26.4. The van der Waals surface area contributed by atoms with Crippen LogP contribution in [-0.4, -0.2) is 47.6 Å². The summed E-state index contributed by atoms with van der Waals surface area (Å²) in [6, 6.07) is 9.11. The van der Waals surface area contributed by atoms with Gasteiger partial charge in [0.2, 0.25) is 0 Å². The molecule has 1 heterocycles. The highest BCUT2D eigenvalue weighted by Crippen LogP contribution is 2.26. The van der Waals surface area contributed by atoms with E-state index in [4.69, 9.17) is 4.74 Å². The molecule has 1 saturated heterocycles. The zero-order chi connectivity index (χ0) is 14.6. The van der Waals surface area contributed by atoms with Gasteiger partial charge in [-0.1, -0.05) is 30.3 Å². The first-order chi connectivity index (χ1) is 9.55. The van der Waals surface area contributed by atoms with Crippen LogP contribution in [0.25, 0.3) is 0 Å². The maximum absolute atomic E-state index is 13.7. The number of alkyl halides is 2. The highest BCUT2D eigenvalue weighted by molar-refractivity contribution is 5.67. The quantitative estimate of drug-likeness (QED) is 0.925. The molecular formula is C14H17F2NO3. The molecule has 1 amide bonds. The predicted molar refractivity (Wildman–Crippen MR) is 68.6 cm³/mol. The second-order valence-corrected chi connectivity index (χ2v) is 4.94. The molecule has 0 radical (unpaired) electrons. The number of benzene rings is 1. The number of aliphatic hydroxyl groups is 1. The molecule has 1 aliphatic heterocycles. The summed E-state index contributed by atoms with van der Waals surface area (Å²) < 4.78 is 31.3. The van der Waals surface area contributed by atoms with Crippen molar-refractivity contribution in [2.75, 3.05) is 19.8 Å². The minimum Gasteiger partial charge on any atom is -0.445 e. The number of ether oxygens (including phenoxy) is 1. The molecule has 0 saturated carbocycles. The molecule has 6 heteroatoms. The topological polar surface area (TPSA) is 49.8 Å². The van der Waals surface area contributed by atoms with Crippen molar-refractivity contribution in [3.05, 3.63) is 35.9 Å². The number of hydrogen-bond acceptors (Lipinski definition) is 3. The van der Waals surface area contributed by atoms with E-state index in [0.29, 0.717) is 0 Å². The molecule has 2 rings (SSSR count). The molecular weight excluding hydrogens is 268 g/mol. The number of halogens is 2. The van der Waals surface area contributed by atoms with E-state index < -0.39 is 24.5 Å². The lowest BCUT2D eigenvalue weighted by Gasteiger charge is -2.38. The zero-order valence-electron chi connectivity index (χ0n) is 11.0. The van der Waals surface area contributed by atoms with Gasteiger partial charge < -0.3 is 14.7 Å². The molecule has 1 fully saturated rings. The van der Waals surface area contributed by atoms with Crippen LogP contribution in [0.5, 0.6) is 0 Å². The number of likely N-dealkylation sites (tertiary alicyclic amines) is 1. The third kappa shape index (κ3) is 3.25. The van der Waals surface area contributed by atoms with Crippen molar-refractivity contribution >= 4 is 6.09 Å². The standard InChI is InChI=1S/C14H17F2NO3/c15-10-14(19)6-7-17(8-12(14)16)13(18)20-9-11-4-2-1-3-5-11/h1-5,12,19H,6-10H2/t12?,14-/m1/s1. The Kier molecular flexibility index (Phi) is 4.54. The number of piperidine rings is 1. The second kappa shape index (κ2) is 6.17. The summed E-state index contributed by atoms with van der Waals surface area (Å²) in [6.45, 7) is -1.33. The van der Waals surface area contributed by atoms with Crippen LogP contribution in [0.1, 0.15) is 12.0 Å². The van der Waals surface area contributed by atoms with Crippen molar-refractivity contribution in [1.82, 2.24) is 4.90 Å². The predicted octanol–water partition coefficient (Wildman–Crippen LogP) is 2.07. The SMILES string of the molecule is O=C(OCc1ccccc1)N1CC[C@@](O)(CF)C(F)C1. The number of nitrogens with zero attached hydrogens (tertiary/aromatic N) is 1. The molecule has 1 N–H and O–H groups in total. The van der Waals surface area contributed by atoms with Crippen LogP contribution >= 0.6 is 0 Å². The van der Waals surface area contributed by atoms with Gasteiger partial charge in [0, 0.05) is 6.54 Å². The van der Waals surface area contributed by atoms with Crippen LogP contribution in [0.3, 0.4) is 0 Å². The van der Waals surface area contributed by atoms with E-state index in [0.717, 1.165) is 10.5 Å². The summed E-state index contributed by atoms with van der Waals surface area (Å²) in [7, 11) is 0. The largest absolute Gasteiger partial charge is 0.445 e. The van der Waals surface area contributed by atoms with Gasteiger partial charge in [0.05, 0.1) is 6.54 Å². The summed E-state index contributed by atoms with van der Waals surface area (Å²) in [5.41, 5.74) is -1.15. The van der Waals surface area contributed by atoms with Crippen molar-refractivity contribution in [2.45, 2.75) is 24.8 Å². The average Bonchev–Trinajstić information content (AvgIpc) is 2.48. The molecule has 1 aliphatic rings. The number of rotatable bonds is 3. The highest BCUT2D eigenvalue weighted by Gasteiger charge is 2.43. The molecule has 0 aliphatic carbocycles. The molecule has 20 heavy (non-hydrogen) atoms. The van der Waals surface area contributed by atoms with Crippen LogP contribution < -0.4 is 0 Å². The van der Waals surface area contributed by atoms with Crippen LogP contribution in [-0.2, 0) is 11.3 Å². The van der Waals surface area contributed by atoms with Gasteiger partial charge in [0.1, 0.15) is 25.1 Å². The second-order valence-electron chi connectivity index (χ2n) is 4.94. The summed E-state index contributed by atoms with van der Waals surface area (Å²) in [6.07, 6.45) is -2.59. The third-order valence-electron chi connectivity index (χ3n) is 3.47. The smallest absolute Gasteiger partial charge is 0.410 e. The lowest BCUT2D eigenvalue weighted by Crippen LogP contribution is -2.56. The van der Waals surface area contributed by atoms with Crippen LogP contribution in [0.4, 0.5) is 13.6 Å². The summed E-state index contributed by atoms with van der Waals surface area (Å²) in [4.78, 5) is 12.9. The lowest BCUT2D eigenvalue weighted by molar-refractivity contribution is -0.0934. The van der Waals surface area contributed by atoms with E-state index in [1.165, 1.54) is 0 Å². The molecule has 1 aromatic carbocycles. The molecule has 2 atom stereocenters. The minimum atomic E-state index is -1.98. The first-order valence-electron chi connectivity index (χ1n) is 6.43. The van der Waals surface area contributed by atoms with Gasteiger partial charge in [-0.25, -0.2) is 13.6 Å². The van der Waals surface area contributed by atoms with Crippen LogP contribution in [0, 0.1) is 0 Å². The van der Waals surface area contributed by atoms with Gasteiger partial charge in [0.25, 0.3) is 0 Å². The number of carbonyl (C=O) groups excluding carboxylic acids is 1. The molecule has 110 valence electrons. The summed E-state index contributed by atoms with van der Waals surface area (Å²) >= 11 is 0. The van der Waals surface area contributed by atoms with Crippen molar-refractivity contribution in [3.63, 3.8) is 0 Å². The Bertz CT molecular complexity index is 457. The van der Waals surface area contributed by atoms with Crippen molar-refractivity contribution in [2.24, 2.45) is 0 Å². The fraction of sp³-hybridized carbons (Fsp3) is 0.500. The van der Waals surface area contributed by atoms with E-state index in [1.807, 2.05) is 30.3 Å². The minimum absolute atomic E-state index is 0.0778. The highest BCUT2D eigenvalue weighted by atomic mass is 19.1. The van der Waals surface area contributed by atoms with Gasteiger partial charge in [-0.15, -0.1) is 0 Å². The van der Waals surface area contributed by atoms with Crippen molar-refractivity contribution in [3.8, 4) is 0 Å². The maximum atomic E-state index is 13.7. The third-order valence-corrected chi connectivity index (χ3v) is 3.47. The van der Waals surface area contributed by atoms with Crippen molar-refractivity contribution < 1.29 is 23.4 Å². The van der Waals surface area contributed by atoms with E-state index in [-0.39, 0.29) is 26.1 Å². The Hall–Kier alpha value is -1.69. The van der Waals surface area contributed by atoms with E-state index in [2.05, 4.69) is 0 Å². The first kappa shape index (κ1) is 14.7. The molecule has 0 spiro atoms. The monoisotopic (exact) mass is 285 g/mol. The van der Waals surface area contributed by atoms with Gasteiger partial charge >= 0.3 is 6.09 Å². The van der Waals surface area contributed by atoms with Gasteiger partial charge in [-0.3, -0.25) is 0 Å². The van der Waals surface area contributed by atoms with Crippen LogP contribution in [0.2, 0.25) is 0 Å². The Morgan fingerprint density at radius 1 is 1.45 bits per heavy atom. The van der Waals surface area contributed by atoms with Gasteiger partial charge in [-0.2, -0.15) is 0 Å². The maximum Gasteiger partial charge on any atom is 0.410 e.